The Morgan fingerprint density at radius 2 is 2.00 bits per heavy atom. The average molecular weight is 495 g/mol. The standard InChI is InChI=1S/C25H24ClFN6O2/c1-24(2,33-12-25(13-33)10-32(11-25)23(34)35)7-6-15-8-20-16(9-18(15)28)22(30-14-29-20)31-19-5-3-4-17(26)21(19)27/h3-5,8-9,14H,10-13,28H2,1-2H3,(H,34,35)(H,29,30,31). The number of nitrogens with two attached hydrogens (primary N) is 1. The molecule has 8 nitrogen and oxygen atoms in total. The maximum atomic E-state index is 14.4. The second-order valence-electron chi connectivity index (χ2n) is 9.71. The molecule has 35 heavy (non-hydrogen) atoms. The molecule has 2 aliphatic rings. The van der Waals surface area contributed by atoms with Crippen molar-refractivity contribution in [1.29, 1.82) is 0 Å². The third-order valence-electron chi connectivity index (χ3n) is 6.68. The van der Waals surface area contributed by atoms with Gasteiger partial charge in [-0.3, -0.25) is 4.90 Å². The van der Waals surface area contributed by atoms with E-state index in [1.54, 1.807) is 24.3 Å². The summed E-state index contributed by atoms with van der Waals surface area (Å²) in [4.78, 5) is 23.3. The van der Waals surface area contributed by atoms with Gasteiger partial charge < -0.3 is 21.1 Å². The first-order valence-corrected chi connectivity index (χ1v) is 11.5. The smallest absolute Gasteiger partial charge is 0.407 e. The predicted octanol–water partition coefficient (Wildman–Crippen LogP) is 4.17. The van der Waals surface area contributed by atoms with Crippen molar-refractivity contribution >= 4 is 45.8 Å². The van der Waals surface area contributed by atoms with E-state index in [4.69, 9.17) is 22.4 Å². The van der Waals surface area contributed by atoms with E-state index in [9.17, 15) is 9.18 Å². The fourth-order valence-electron chi connectivity index (χ4n) is 4.61. The maximum absolute atomic E-state index is 14.4. The van der Waals surface area contributed by atoms with Gasteiger partial charge >= 0.3 is 6.09 Å². The van der Waals surface area contributed by atoms with Crippen LogP contribution in [0.2, 0.25) is 5.02 Å². The van der Waals surface area contributed by atoms with Gasteiger partial charge in [-0.25, -0.2) is 19.2 Å². The molecule has 1 aromatic heterocycles. The third kappa shape index (κ3) is 4.20. The lowest BCUT2D eigenvalue weighted by molar-refractivity contribution is -0.125. The molecule has 1 amide bonds. The van der Waals surface area contributed by atoms with Gasteiger partial charge in [-0.1, -0.05) is 29.5 Å². The van der Waals surface area contributed by atoms with Crippen molar-refractivity contribution in [2.24, 2.45) is 5.41 Å². The number of anilines is 3. The highest BCUT2D eigenvalue weighted by Gasteiger charge is 2.55. The highest BCUT2D eigenvalue weighted by Crippen LogP contribution is 2.42. The molecule has 0 atom stereocenters. The van der Waals surface area contributed by atoms with Gasteiger partial charge in [-0.15, -0.1) is 0 Å². The van der Waals surface area contributed by atoms with Crippen LogP contribution in [-0.4, -0.2) is 62.7 Å². The van der Waals surface area contributed by atoms with Crippen LogP contribution < -0.4 is 11.1 Å². The molecule has 2 aromatic carbocycles. The number of benzene rings is 2. The number of aromatic nitrogens is 2. The van der Waals surface area contributed by atoms with Crippen molar-refractivity contribution < 1.29 is 14.3 Å². The van der Waals surface area contributed by atoms with E-state index >= 15 is 0 Å². The summed E-state index contributed by atoms with van der Waals surface area (Å²) in [5.41, 5.74) is 7.89. The second-order valence-corrected chi connectivity index (χ2v) is 10.1. The van der Waals surface area contributed by atoms with Crippen LogP contribution in [0, 0.1) is 23.1 Å². The molecule has 0 saturated carbocycles. The molecule has 4 N–H and O–H groups in total. The van der Waals surface area contributed by atoms with Crippen LogP contribution in [0.15, 0.2) is 36.7 Å². The van der Waals surface area contributed by atoms with Crippen molar-refractivity contribution in [3.8, 4) is 11.8 Å². The number of nitrogens with zero attached hydrogens (tertiary/aromatic N) is 4. The Balaban J connectivity index is 1.36. The SMILES string of the molecule is CC(C)(C#Cc1cc2ncnc(Nc3cccc(Cl)c3F)c2cc1N)N1CC2(CN(C(=O)O)C2)C1. The Hall–Kier alpha value is -3.61. The first-order valence-electron chi connectivity index (χ1n) is 11.1. The van der Waals surface area contributed by atoms with Crippen molar-refractivity contribution in [3.63, 3.8) is 0 Å². The molecule has 0 unspecified atom stereocenters. The van der Waals surface area contributed by atoms with Crippen molar-refractivity contribution in [2.75, 3.05) is 37.2 Å². The third-order valence-corrected chi connectivity index (χ3v) is 6.97. The first kappa shape index (κ1) is 23.1. The van der Waals surface area contributed by atoms with Crippen molar-refractivity contribution in [1.82, 2.24) is 19.8 Å². The number of carbonyl (C=O) groups is 1. The number of carboxylic acid groups (broad SMARTS) is 1. The highest BCUT2D eigenvalue weighted by atomic mass is 35.5. The lowest BCUT2D eigenvalue weighted by atomic mass is 9.71. The minimum absolute atomic E-state index is 0.0118. The average Bonchev–Trinajstić information content (AvgIpc) is 2.73. The van der Waals surface area contributed by atoms with E-state index in [0.29, 0.717) is 41.1 Å². The molecule has 0 bridgehead atoms. The molecule has 180 valence electrons. The molecule has 2 saturated heterocycles. The van der Waals surface area contributed by atoms with Crippen LogP contribution in [0.5, 0.6) is 0 Å². The van der Waals surface area contributed by atoms with E-state index in [0.717, 1.165) is 13.1 Å². The number of nitrogen functional groups attached to an aromatic ring is 1. The summed E-state index contributed by atoms with van der Waals surface area (Å²) in [5, 5.41) is 12.7. The normalized spacial score (nSPS) is 16.9. The fraction of sp³-hybridized carbons (Fsp3) is 0.320. The van der Waals surface area contributed by atoms with Gasteiger partial charge in [0.2, 0.25) is 0 Å². The van der Waals surface area contributed by atoms with E-state index in [2.05, 4.69) is 32.0 Å². The zero-order valence-corrected chi connectivity index (χ0v) is 20.0. The van der Waals surface area contributed by atoms with Gasteiger partial charge in [0.25, 0.3) is 0 Å². The van der Waals surface area contributed by atoms with Crippen molar-refractivity contribution in [3.05, 3.63) is 53.1 Å². The molecule has 5 rings (SSSR count). The number of amides is 1. The highest BCUT2D eigenvalue weighted by molar-refractivity contribution is 6.31. The Morgan fingerprint density at radius 1 is 1.26 bits per heavy atom. The molecule has 3 aromatic rings. The first-order chi connectivity index (χ1) is 16.6. The largest absolute Gasteiger partial charge is 0.465 e. The zero-order valence-electron chi connectivity index (χ0n) is 19.3. The Morgan fingerprint density at radius 3 is 2.71 bits per heavy atom. The molecular weight excluding hydrogens is 471 g/mol. The lowest BCUT2D eigenvalue weighted by Gasteiger charge is -2.62. The van der Waals surface area contributed by atoms with Crippen molar-refractivity contribution in [2.45, 2.75) is 19.4 Å². The summed E-state index contributed by atoms with van der Waals surface area (Å²) in [6.45, 7) is 6.87. The summed E-state index contributed by atoms with van der Waals surface area (Å²) in [6, 6.07) is 8.21. The number of rotatable bonds is 3. The van der Waals surface area contributed by atoms with Gasteiger partial charge in [0.1, 0.15) is 12.1 Å². The molecule has 10 heteroatoms. The van der Waals surface area contributed by atoms with E-state index in [-0.39, 0.29) is 16.1 Å². The maximum Gasteiger partial charge on any atom is 0.407 e. The molecular formula is C25H24ClFN6O2. The summed E-state index contributed by atoms with van der Waals surface area (Å²) >= 11 is 5.89. The molecule has 0 radical (unpaired) electrons. The van der Waals surface area contributed by atoms with Crippen LogP contribution in [0.25, 0.3) is 10.9 Å². The quantitative estimate of drug-likeness (QED) is 0.370. The summed E-state index contributed by atoms with van der Waals surface area (Å²) in [7, 11) is 0. The number of hydrogen-bond acceptors (Lipinski definition) is 6. The fourth-order valence-corrected chi connectivity index (χ4v) is 4.79. The van der Waals surface area contributed by atoms with Crippen LogP contribution >= 0.6 is 11.6 Å². The number of fused-ring (bicyclic) bond motifs is 1. The van der Waals surface area contributed by atoms with Gasteiger partial charge in [-0.2, -0.15) is 0 Å². The van der Waals surface area contributed by atoms with Crippen LogP contribution in [0.4, 0.5) is 26.4 Å². The van der Waals surface area contributed by atoms with E-state index < -0.39 is 17.4 Å². The van der Waals surface area contributed by atoms with Gasteiger partial charge in [0.15, 0.2) is 5.82 Å². The molecule has 2 fully saturated rings. The predicted molar refractivity (Wildman–Crippen MR) is 133 cm³/mol. The van der Waals surface area contributed by atoms with Crippen LogP contribution in [0.3, 0.4) is 0 Å². The summed E-state index contributed by atoms with van der Waals surface area (Å²) < 4.78 is 14.4. The number of halogens is 2. The van der Waals surface area contributed by atoms with Crippen LogP contribution in [0.1, 0.15) is 19.4 Å². The Kier molecular flexibility index (Phi) is 5.46. The number of hydrogen-bond donors (Lipinski definition) is 3. The Bertz CT molecular complexity index is 1400. The number of nitrogens with one attached hydrogen (secondary N) is 1. The topological polar surface area (TPSA) is 108 Å². The minimum atomic E-state index is -0.861. The summed E-state index contributed by atoms with van der Waals surface area (Å²) in [6.07, 6.45) is 0.531. The molecule has 2 aliphatic heterocycles. The number of likely N-dealkylation sites (tertiary alicyclic amines) is 2. The van der Waals surface area contributed by atoms with E-state index in [1.165, 1.54) is 17.3 Å². The van der Waals surface area contributed by atoms with E-state index in [1.807, 2.05) is 13.8 Å². The lowest BCUT2D eigenvalue weighted by Crippen LogP contribution is -2.75. The molecule has 0 aliphatic carbocycles. The van der Waals surface area contributed by atoms with Gasteiger partial charge in [-0.05, 0) is 38.1 Å². The second kappa shape index (κ2) is 8.26. The Labute approximate surface area is 206 Å². The van der Waals surface area contributed by atoms with Gasteiger partial charge in [0, 0.05) is 48.2 Å². The monoisotopic (exact) mass is 494 g/mol. The van der Waals surface area contributed by atoms with Crippen LogP contribution in [-0.2, 0) is 0 Å². The summed E-state index contributed by atoms with van der Waals surface area (Å²) in [5.74, 6) is 6.35. The zero-order chi connectivity index (χ0) is 25.0. The molecule has 1 spiro atoms. The molecule has 3 heterocycles. The van der Waals surface area contributed by atoms with Gasteiger partial charge in [0.05, 0.1) is 21.8 Å². The minimum Gasteiger partial charge on any atom is -0.465 e.